The number of aliphatic hydroxyl groups is 1. The summed E-state index contributed by atoms with van der Waals surface area (Å²) in [6, 6.07) is 13.0. The lowest BCUT2D eigenvalue weighted by Crippen LogP contribution is -2.38. The highest BCUT2D eigenvalue weighted by Gasteiger charge is 2.17. The van der Waals surface area contributed by atoms with Gasteiger partial charge in [-0.25, -0.2) is 0 Å². The van der Waals surface area contributed by atoms with Gasteiger partial charge in [0.15, 0.2) is 0 Å². The van der Waals surface area contributed by atoms with Crippen molar-refractivity contribution < 1.29 is 14.6 Å². The van der Waals surface area contributed by atoms with E-state index in [2.05, 4.69) is 5.32 Å². The molecule has 2 aromatic carbocycles. The average Bonchev–Trinajstić information content (AvgIpc) is 2.64. The van der Waals surface area contributed by atoms with Gasteiger partial charge in [-0.2, -0.15) is 0 Å². The molecule has 0 radical (unpaired) electrons. The van der Waals surface area contributed by atoms with Gasteiger partial charge in [0.25, 0.3) is 0 Å². The number of carbonyl (C=O) groups is 1. The number of hydrogen-bond donors (Lipinski definition) is 2. The molecule has 0 aromatic heterocycles. The Hall–Kier alpha value is -2.24. The van der Waals surface area contributed by atoms with Gasteiger partial charge in [0, 0.05) is 23.3 Å². The summed E-state index contributed by atoms with van der Waals surface area (Å²) in [5.74, 6) is 0.311. The van der Waals surface area contributed by atoms with Crippen LogP contribution in [0.25, 0.3) is 0 Å². The van der Waals surface area contributed by atoms with Crippen LogP contribution < -0.4 is 15.0 Å². The number of ether oxygens (including phenoxy) is 1. The fourth-order valence-corrected chi connectivity index (χ4v) is 2.73. The van der Waals surface area contributed by atoms with E-state index >= 15 is 0 Å². The smallest absolute Gasteiger partial charge is 0.243 e. The summed E-state index contributed by atoms with van der Waals surface area (Å²) >= 11 is 6.11. The van der Waals surface area contributed by atoms with Crippen molar-refractivity contribution in [2.75, 3.05) is 30.4 Å². The first-order valence-corrected chi connectivity index (χ1v) is 8.94. The lowest BCUT2D eigenvalue weighted by Gasteiger charge is -2.26. The van der Waals surface area contributed by atoms with Crippen LogP contribution in [0.3, 0.4) is 0 Å². The van der Waals surface area contributed by atoms with Crippen molar-refractivity contribution in [3.63, 3.8) is 0 Å². The molecule has 1 atom stereocenters. The van der Waals surface area contributed by atoms with Gasteiger partial charge in [0.05, 0.1) is 25.4 Å². The molecule has 0 saturated heterocycles. The number of methoxy groups -OCH3 is 1. The topological polar surface area (TPSA) is 61.8 Å². The first-order chi connectivity index (χ1) is 12.4. The summed E-state index contributed by atoms with van der Waals surface area (Å²) in [5, 5.41) is 13.5. The number of nitrogens with one attached hydrogen (secondary N) is 1. The normalized spacial score (nSPS) is 11.7. The molecule has 0 aliphatic rings. The fraction of sp³-hybridized carbons (Fsp3) is 0.350. The molecule has 5 nitrogen and oxygen atoms in total. The predicted molar refractivity (Wildman–Crippen MR) is 106 cm³/mol. The number of benzene rings is 2. The maximum atomic E-state index is 12.6. The van der Waals surface area contributed by atoms with E-state index in [1.54, 1.807) is 12.1 Å². The Bertz CT molecular complexity index is 737. The maximum absolute atomic E-state index is 12.6. The molecule has 140 valence electrons. The Morgan fingerprint density at radius 3 is 2.62 bits per heavy atom. The summed E-state index contributed by atoms with van der Waals surface area (Å²) in [7, 11) is 1.53. The van der Waals surface area contributed by atoms with Crippen LogP contribution in [-0.2, 0) is 4.79 Å². The van der Waals surface area contributed by atoms with Crippen LogP contribution in [0, 0.1) is 6.92 Å². The van der Waals surface area contributed by atoms with Crippen molar-refractivity contribution in [1.29, 1.82) is 0 Å². The van der Waals surface area contributed by atoms with Crippen molar-refractivity contribution in [2.24, 2.45) is 0 Å². The predicted octanol–water partition coefficient (Wildman–Crippen LogP) is 3.87. The SMILES string of the molecule is CC[C@@H](O)CN(CC(=O)Nc1cc(C)c(Cl)cc1OC)c1ccccc1. The van der Waals surface area contributed by atoms with E-state index in [-0.39, 0.29) is 12.5 Å². The average molecular weight is 377 g/mol. The van der Waals surface area contributed by atoms with E-state index in [1.807, 2.05) is 49.1 Å². The molecular weight excluding hydrogens is 352 g/mol. The zero-order valence-corrected chi connectivity index (χ0v) is 16.1. The molecule has 0 saturated carbocycles. The number of nitrogens with zero attached hydrogens (tertiary/aromatic N) is 1. The molecule has 1 amide bonds. The molecule has 0 aliphatic carbocycles. The second-order valence-corrected chi connectivity index (χ2v) is 6.54. The van der Waals surface area contributed by atoms with Gasteiger partial charge in [-0.1, -0.05) is 36.7 Å². The van der Waals surface area contributed by atoms with Crippen molar-refractivity contribution in [3.8, 4) is 5.75 Å². The van der Waals surface area contributed by atoms with Crippen molar-refractivity contribution in [1.82, 2.24) is 0 Å². The van der Waals surface area contributed by atoms with Gasteiger partial charge in [-0.15, -0.1) is 0 Å². The van der Waals surface area contributed by atoms with Crippen LogP contribution in [0.4, 0.5) is 11.4 Å². The van der Waals surface area contributed by atoms with Crippen molar-refractivity contribution in [3.05, 3.63) is 53.1 Å². The van der Waals surface area contributed by atoms with Crippen LogP contribution in [0.15, 0.2) is 42.5 Å². The van der Waals surface area contributed by atoms with Crippen LogP contribution in [0.5, 0.6) is 5.75 Å². The minimum absolute atomic E-state index is 0.117. The molecule has 2 rings (SSSR count). The summed E-state index contributed by atoms with van der Waals surface area (Å²) in [6.45, 7) is 4.27. The van der Waals surface area contributed by atoms with E-state index < -0.39 is 6.10 Å². The highest BCUT2D eigenvalue weighted by atomic mass is 35.5. The summed E-state index contributed by atoms with van der Waals surface area (Å²) in [4.78, 5) is 14.5. The number of rotatable bonds is 8. The molecule has 0 unspecified atom stereocenters. The fourth-order valence-electron chi connectivity index (χ4n) is 2.58. The molecule has 2 aromatic rings. The second kappa shape index (κ2) is 9.46. The third-order valence-electron chi connectivity index (χ3n) is 4.11. The standard InChI is InChI=1S/C20H25ClN2O3/c1-4-16(24)12-23(15-8-6-5-7-9-15)13-20(25)22-18-10-14(2)17(21)11-19(18)26-3/h5-11,16,24H,4,12-13H2,1-3H3,(H,22,25)/t16-/m1/s1. The van der Waals surface area contributed by atoms with Crippen LogP contribution >= 0.6 is 11.6 Å². The van der Waals surface area contributed by atoms with E-state index in [4.69, 9.17) is 16.3 Å². The summed E-state index contributed by atoms with van der Waals surface area (Å²) in [5.41, 5.74) is 2.31. The van der Waals surface area contributed by atoms with E-state index in [0.717, 1.165) is 11.3 Å². The Morgan fingerprint density at radius 2 is 2.00 bits per heavy atom. The number of aryl methyl sites for hydroxylation is 1. The quantitative estimate of drug-likeness (QED) is 0.734. The lowest BCUT2D eigenvalue weighted by molar-refractivity contribution is -0.115. The third-order valence-corrected chi connectivity index (χ3v) is 4.52. The highest BCUT2D eigenvalue weighted by Crippen LogP contribution is 2.31. The lowest BCUT2D eigenvalue weighted by atomic mass is 10.2. The van der Waals surface area contributed by atoms with Crippen LogP contribution in [-0.4, -0.2) is 37.3 Å². The van der Waals surface area contributed by atoms with Gasteiger partial charge in [-0.05, 0) is 37.1 Å². The molecule has 0 heterocycles. The monoisotopic (exact) mass is 376 g/mol. The van der Waals surface area contributed by atoms with Crippen LogP contribution in [0.1, 0.15) is 18.9 Å². The number of hydrogen-bond acceptors (Lipinski definition) is 4. The second-order valence-electron chi connectivity index (χ2n) is 6.13. The highest BCUT2D eigenvalue weighted by molar-refractivity contribution is 6.31. The molecule has 0 aliphatic heterocycles. The van der Waals surface area contributed by atoms with Gasteiger partial charge < -0.3 is 20.1 Å². The molecule has 26 heavy (non-hydrogen) atoms. The van der Waals surface area contributed by atoms with E-state index in [9.17, 15) is 9.90 Å². The largest absolute Gasteiger partial charge is 0.495 e. The van der Waals surface area contributed by atoms with Crippen molar-refractivity contribution in [2.45, 2.75) is 26.4 Å². The van der Waals surface area contributed by atoms with Crippen LogP contribution in [0.2, 0.25) is 5.02 Å². The minimum atomic E-state index is -0.504. The Labute approximate surface area is 159 Å². The molecule has 0 bridgehead atoms. The number of para-hydroxylation sites is 1. The summed E-state index contributed by atoms with van der Waals surface area (Å²) in [6.07, 6.45) is 0.116. The van der Waals surface area contributed by atoms with Gasteiger partial charge >= 0.3 is 0 Å². The number of amides is 1. The zero-order valence-electron chi connectivity index (χ0n) is 15.3. The first-order valence-electron chi connectivity index (χ1n) is 8.56. The van der Waals surface area contributed by atoms with Gasteiger partial charge in [0.1, 0.15) is 5.75 Å². The Morgan fingerprint density at radius 1 is 1.31 bits per heavy atom. The van der Waals surface area contributed by atoms with Gasteiger partial charge in [-0.3, -0.25) is 4.79 Å². The number of carbonyl (C=O) groups excluding carboxylic acids is 1. The van der Waals surface area contributed by atoms with Crippen molar-refractivity contribution >= 4 is 28.9 Å². The van der Waals surface area contributed by atoms with E-state index in [1.165, 1.54) is 7.11 Å². The maximum Gasteiger partial charge on any atom is 0.243 e. The third kappa shape index (κ3) is 5.38. The zero-order chi connectivity index (χ0) is 19.1. The molecule has 6 heteroatoms. The number of halogens is 1. The molecule has 0 fully saturated rings. The van der Waals surface area contributed by atoms with Gasteiger partial charge in [0.2, 0.25) is 5.91 Å². The Kier molecular flexibility index (Phi) is 7.30. The number of anilines is 2. The molecular formula is C20H25ClN2O3. The minimum Gasteiger partial charge on any atom is -0.495 e. The first kappa shape index (κ1) is 20.1. The molecule has 2 N–H and O–H groups in total. The molecule has 0 spiro atoms. The van der Waals surface area contributed by atoms with E-state index in [0.29, 0.717) is 29.4 Å². The Balaban J connectivity index is 2.16. The summed E-state index contributed by atoms with van der Waals surface area (Å²) < 4.78 is 5.30. The number of aliphatic hydroxyl groups excluding tert-OH is 1.